The van der Waals surface area contributed by atoms with E-state index in [0.717, 1.165) is 4.47 Å². The number of esters is 2. The van der Waals surface area contributed by atoms with Gasteiger partial charge in [0.05, 0.1) is 17.7 Å². The van der Waals surface area contributed by atoms with Crippen molar-refractivity contribution < 1.29 is 23.8 Å². The fourth-order valence-electron chi connectivity index (χ4n) is 1.69. The van der Waals surface area contributed by atoms with Crippen molar-refractivity contribution in [2.75, 3.05) is 13.7 Å². The van der Waals surface area contributed by atoms with Crippen LogP contribution in [0.5, 0.6) is 11.5 Å². The molecule has 0 bridgehead atoms. The summed E-state index contributed by atoms with van der Waals surface area (Å²) in [6, 6.07) is 11.1. The maximum atomic E-state index is 11.8. The highest BCUT2D eigenvalue weighted by Gasteiger charge is 2.11. The summed E-state index contributed by atoms with van der Waals surface area (Å²) in [5, 5.41) is 0.375. The maximum absolute atomic E-state index is 11.8. The minimum absolute atomic E-state index is 0.225. The molecule has 2 aromatic rings. The average Bonchev–Trinajstić information content (AvgIpc) is 2.53. The molecule has 0 amide bonds. The van der Waals surface area contributed by atoms with Crippen LogP contribution in [0.2, 0.25) is 5.02 Å². The first kappa shape index (κ1) is 17.3. The summed E-state index contributed by atoms with van der Waals surface area (Å²) >= 11 is 9.26. The van der Waals surface area contributed by atoms with Crippen LogP contribution in [0.1, 0.15) is 10.4 Å². The predicted octanol–water partition coefficient (Wildman–Crippen LogP) is 3.87. The Labute approximate surface area is 146 Å². The number of rotatable bonds is 5. The zero-order valence-corrected chi connectivity index (χ0v) is 14.4. The van der Waals surface area contributed by atoms with Crippen LogP contribution in [0.15, 0.2) is 46.9 Å². The van der Waals surface area contributed by atoms with E-state index < -0.39 is 11.9 Å². The molecule has 0 fully saturated rings. The lowest BCUT2D eigenvalue weighted by molar-refractivity contribution is -0.136. The van der Waals surface area contributed by atoms with Crippen LogP contribution in [0.25, 0.3) is 0 Å². The van der Waals surface area contributed by atoms with E-state index in [4.69, 9.17) is 21.1 Å². The number of methoxy groups -OCH3 is 1. The Morgan fingerprint density at radius 2 is 1.96 bits per heavy atom. The molecule has 0 aromatic heterocycles. The molecule has 2 rings (SSSR count). The smallest absolute Gasteiger partial charge is 0.349 e. The van der Waals surface area contributed by atoms with Crippen LogP contribution in [0.4, 0.5) is 0 Å². The van der Waals surface area contributed by atoms with Crippen LogP contribution < -0.4 is 9.47 Å². The van der Waals surface area contributed by atoms with E-state index in [1.54, 1.807) is 36.4 Å². The summed E-state index contributed by atoms with van der Waals surface area (Å²) in [6.45, 7) is -0.316. The Morgan fingerprint density at radius 1 is 1.17 bits per heavy atom. The highest BCUT2D eigenvalue weighted by molar-refractivity contribution is 9.10. The first-order valence-corrected chi connectivity index (χ1v) is 7.63. The Bertz CT molecular complexity index is 732. The van der Waals surface area contributed by atoms with Crippen molar-refractivity contribution in [3.63, 3.8) is 0 Å². The molecule has 23 heavy (non-hydrogen) atoms. The highest BCUT2D eigenvalue weighted by atomic mass is 79.9. The first-order valence-electron chi connectivity index (χ1n) is 6.46. The second-order valence-electron chi connectivity index (χ2n) is 4.36. The van der Waals surface area contributed by atoms with Gasteiger partial charge in [-0.3, -0.25) is 0 Å². The Kier molecular flexibility index (Phi) is 6.01. The van der Waals surface area contributed by atoms with E-state index in [9.17, 15) is 9.59 Å². The van der Waals surface area contributed by atoms with E-state index in [-0.39, 0.29) is 17.9 Å². The van der Waals surface area contributed by atoms with Crippen molar-refractivity contribution in [2.45, 2.75) is 0 Å². The standard InChI is InChI=1S/C16H12BrClO5/c1-21-16(20)10-3-2-4-12(7-10)23-15(19)9-22-14-6-5-11(17)8-13(14)18/h2-8H,9H2,1H3. The van der Waals surface area contributed by atoms with Crippen LogP contribution >= 0.6 is 27.5 Å². The van der Waals surface area contributed by atoms with E-state index in [0.29, 0.717) is 10.8 Å². The Hall–Kier alpha value is -2.05. The molecule has 0 N–H and O–H groups in total. The van der Waals surface area contributed by atoms with E-state index >= 15 is 0 Å². The molecular formula is C16H12BrClO5. The number of carbonyl (C=O) groups is 2. The normalized spacial score (nSPS) is 10.0. The molecule has 0 spiro atoms. The molecule has 0 unspecified atom stereocenters. The SMILES string of the molecule is COC(=O)c1cccc(OC(=O)COc2ccc(Br)cc2Cl)c1. The molecule has 0 aliphatic carbocycles. The second kappa shape index (κ2) is 7.99. The van der Waals surface area contributed by atoms with Crippen LogP contribution in [-0.2, 0) is 9.53 Å². The minimum Gasteiger partial charge on any atom is -0.480 e. The van der Waals surface area contributed by atoms with Gasteiger partial charge in [0.25, 0.3) is 0 Å². The van der Waals surface area contributed by atoms with Crippen LogP contribution in [0, 0.1) is 0 Å². The lowest BCUT2D eigenvalue weighted by Crippen LogP contribution is -2.18. The van der Waals surface area contributed by atoms with Gasteiger partial charge in [-0.15, -0.1) is 0 Å². The Balaban J connectivity index is 1.96. The minimum atomic E-state index is -0.619. The molecule has 0 atom stereocenters. The zero-order chi connectivity index (χ0) is 16.8. The molecule has 0 saturated carbocycles. The monoisotopic (exact) mass is 398 g/mol. The lowest BCUT2D eigenvalue weighted by atomic mass is 10.2. The van der Waals surface area contributed by atoms with Gasteiger partial charge in [0, 0.05) is 4.47 Å². The molecule has 5 nitrogen and oxygen atoms in total. The second-order valence-corrected chi connectivity index (χ2v) is 5.68. The third kappa shape index (κ3) is 4.97. The summed E-state index contributed by atoms with van der Waals surface area (Å²) in [6.07, 6.45) is 0. The van der Waals surface area contributed by atoms with Gasteiger partial charge in [-0.05, 0) is 36.4 Å². The van der Waals surface area contributed by atoms with Crippen molar-refractivity contribution in [2.24, 2.45) is 0 Å². The maximum Gasteiger partial charge on any atom is 0.349 e. The summed E-state index contributed by atoms with van der Waals surface area (Å²) in [4.78, 5) is 23.2. The fraction of sp³-hybridized carbons (Fsp3) is 0.125. The summed E-state index contributed by atoms with van der Waals surface area (Å²) in [7, 11) is 1.27. The molecule has 120 valence electrons. The largest absolute Gasteiger partial charge is 0.480 e. The average molecular weight is 400 g/mol. The molecule has 2 aromatic carbocycles. The molecular weight excluding hydrogens is 388 g/mol. The van der Waals surface area contributed by atoms with Gasteiger partial charge in [0.1, 0.15) is 11.5 Å². The first-order chi connectivity index (χ1) is 11.0. The molecule has 0 heterocycles. The molecule has 0 aliphatic heterocycles. The zero-order valence-electron chi connectivity index (χ0n) is 12.0. The predicted molar refractivity (Wildman–Crippen MR) is 88.1 cm³/mol. The van der Waals surface area contributed by atoms with Crippen LogP contribution in [0.3, 0.4) is 0 Å². The van der Waals surface area contributed by atoms with Crippen molar-refractivity contribution in [1.82, 2.24) is 0 Å². The lowest BCUT2D eigenvalue weighted by Gasteiger charge is -2.09. The van der Waals surface area contributed by atoms with Gasteiger partial charge >= 0.3 is 11.9 Å². The van der Waals surface area contributed by atoms with Gasteiger partial charge in [-0.1, -0.05) is 33.6 Å². The molecule has 0 radical (unpaired) electrons. The Morgan fingerprint density at radius 3 is 2.65 bits per heavy atom. The number of hydrogen-bond donors (Lipinski definition) is 0. The topological polar surface area (TPSA) is 61.8 Å². The number of carbonyl (C=O) groups excluding carboxylic acids is 2. The third-order valence-electron chi connectivity index (χ3n) is 2.73. The van der Waals surface area contributed by atoms with E-state index in [1.165, 1.54) is 13.2 Å². The van der Waals surface area contributed by atoms with Gasteiger partial charge in [-0.25, -0.2) is 9.59 Å². The fourth-order valence-corrected chi connectivity index (χ4v) is 2.42. The van der Waals surface area contributed by atoms with Gasteiger partial charge in [-0.2, -0.15) is 0 Å². The number of hydrogen-bond acceptors (Lipinski definition) is 5. The number of halogens is 2. The van der Waals surface area contributed by atoms with E-state index in [2.05, 4.69) is 20.7 Å². The summed E-state index contributed by atoms with van der Waals surface area (Å²) in [5.41, 5.74) is 0.287. The highest BCUT2D eigenvalue weighted by Crippen LogP contribution is 2.27. The van der Waals surface area contributed by atoms with Crippen molar-refractivity contribution in [3.8, 4) is 11.5 Å². The van der Waals surface area contributed by atoms with Crippen molar-refractivity contribution in [3.05, 3.63) is 57.5 Å². The number of benzene rings is 2. The van der Waals surface area contributed by atoms with Gasteiger partial charge in [0.15, 0.2) is 6.61 Å². The van der Waals surface area contributed by atoms with Gasteiger partial charge < -0.3 is 14.2 Å². The molecule has 0 aliphatic rings. The van der Waals surface area contributed by atoms with Gasteiger partial charge in [0.2, 0.25) is 0 Å². The van der Waals surface area contributed by atoms with E-state index in [1.807, 2.05) is 0 Å². The van der Waals surface area contributed by atoms with Crippen LogP contribution in [-0.4, -0.2) is 25.7 Å². The summed E-state index contributed by atoms with van der Waals surface area (Å²) in [5.74, 6) is -0.537. The summed E-state index contributed by atoms with van der Waals surface area (Å²) < 4.78 is 15.8. The molecule has 0 saturated heterocycles. The molecule has 7 heteroatoms. The third-order valence-corrected chi connectivity index (χ3v) is 3.51. The van der Waals surface area contributed by atoms with Crippen molar-refractivity contribution in [1.29, 1.82) is 0 Å². The number of ether oxygens (including phenoxy) is 3. The quantitative estimate of drug-likeness (QED) is 0.564. The van der Waals surface area contributed by atoms with Crippen molar-refractivity contribution >= 4 is 39.5 Å².